The van der Waals surface area contributed by atoms with E-state index in [0.29, 0.717) is 24.0 Å². The SMILES string of the molecule is CCOC(=O)C1CC[NH+](CC(=O)Nc2cc(-c3ccc(Cl)cc3)nn2C)CC1. The second-order valence-corrected chi connectivity index (χ2v) is 7.48. The lowest BCUT2D eigenvalue weighted by Gasteiger charge is -2.27. The Morgan fingerprint density at radius 1 is 1.29 bits per heavy atom. The first-order valence-corrected chi connectivity index (χ1v) is 9.94. The molecule has 28 heavy (non-hydrogen) atoms. The van der Waals surface area contributed by atoms with Crippen LogP contribution in [0.15, 0.2) is 30.3 Å². The van der Waals surface area contributed by atoms with Gasteiger partial charge in [0, 0.05) is 36.5 Å². The Morgan fingerprint density at radius 3 is 2.61 bits per heavy atom. The summed E-state index contributed by atoms with van der Waals surface area (Å²) >= 11 is 5.93. The van der Waals surface area contributed by atoms with Crippen LogP contribution >= 0.6 is 11.6 Å². The number of aromatic nitrogens is 2. The largest absolute Gasteiger partial charge is 0.466 e. The van der Waals surface area contributed by atoms with Crippen molar-refractivity contribution in [2.75, 3.05) is 31.6 Å². The van der Waals surface area contributed by atoms with Crippen LogP contribution in [-0.2, 0) is 21.4 Å². The van der Waals surface area contributed by atoms with Gasteiger partial charge >= 0.3 is 5.97 Å². The Hall–Kier alpha value is -2.38. The highest BCUT2D eigenvalue weighted by Gasteiger charge is 2.29. The maximum absolute atomic E-state index is 12.5. The smallest absolute Gasteiger partial charge is 0.309 e. The standard InChI is InChI=1S/C20H25ClN4O3/c1-3-28-20(27)15-8-10-25(11-9-15)13-19(26)22-18-12-17(23-24(18)2)14-4-6-16(21)7-5-14/h4-7,12,15H,3,8-11,13H2,1-2H3,(H,22,26)/p+1. The maximum atomic E-state index is 12.5. The van der Waals surface area contributed by atoms with Gasteiger partial charge in [-0.05, 0) is 19.1 Å². The number of carbonyl (C=O) groups is 2. The lowest BCUT2D eigenvalue weighted by atomic mass is 9.97. The number of esters is 1. The molecule has 0 unspecified atom stereocenters. The molecule has 0 aliphatic carbocycles. The minimum Gasteiger partial charge on any atom is -0.466 e. The Kier molecular flexibility index (Phi) is 6.70. The molecule has 1 aliphatic heterocycles. The molecule has 0 saturated carbocycles. The number of ether oxygens (including phenoxy) is 1. The van der Waals surface area contributed by atoms with E-state index >= 15 is 0 Å². The third-order valence-corrected chi connectivity index (χ3v) is 5.26. The van der Waals surface area contributed by atoms with Gasteiger partial charge in [0.2, 0.25) is 0 Å². The summed E-state index contributed by atoms with van der Waals surface area (Å²) in [5.74, 6) is 0.437. The molecule has 150 valence electrons. The number of piperidine rings is 1. The van der Waals surface area contributed by atoms with Crippen molar-refractivity contribution in [3.63, 3.8) is 0 Å². The Bertz CT molecular complexity index is 826. The third kappa shape index (κ3) is 5.11. The molecule has 0 radical (unpaired) electrons. The normalized spacial score (nSPS) is 19.2. The van der Waals surface area contributed by atoms with Crippen LogP contribution in [0.5, 0.6) is 0 Å². The van der Waals surface area contributed by atoms with E-state index in [2.05, 4.69) is 10.4 Å². The summed E-state index contributed by atoms with van der Waals surface area (Å²) in [6, 6.07) is 9.27. The average molecular weight is 406 g/mol. The van der Waals surface area contributed by atoms with Crippen LogP contribution in [0.2, 0.25) is 5.02 Å². The number of hydrogen-bond acceptors (Lipinski definition) is 4. The van der Waals surface area contributed by atoms with E-state index in [-0.39, 0.29) is 17.8 Å². The number of benzene rings is 1. The first-order chi connectivity index (χ1) is 13.5. The predicted molar refractivity (Wildman–Crippen MR) is 107 cm³/mol. The van der Waals surface area contributed by atoms with Crippen molar-refractivity contribution in [1.82, 2.24) is 9.78 Å². The zero-order valence-electron chi connectivity index (χ0n) is 16.2. The number of nitrogens with zero attached hydrogens (tertiary/aromatic N) is 2. The fourth-order valence-electron chi connectivity index (χ4n) is 3.46. The molecule has 1 fully saturated rings. The highest BCUT2D eigenvalue weighted by molar-refractivity contribution is 6.30. The van der Waals surface area contributed by atoms with Crippen molar-refractivity contribution in [3.8, 4) is 11.3 Å². The van der Waals surface area contributed by atoms with Gasteiger partial charge < -0.3 is 15.0 Å². The van der Waals surface area contributed by atoms with E-state index in [4.69, 9.17) is 16.3 Å². The molecule has 2 heterocycles. The Morgan fingerprint density at radius 2 is 1.96 bits per heavy atom. The van der Waals surface area contributed by atoms with Crippen molar-refractivity contribution in [3.05, 3.63) is 35.4 Å². The summed E-state index contributed by atoms with van der Waals surface area (Å²) in [5, 5.41) is 8.06. The molecule has 3 rings (SSSR count). The zero-order chi connectivity index (χ0) is 20.1. The van der Waals surface area contributed by atoms with Gasteiger partial charge in [-0.3, -0.25) is 14.3 Å². The van der Waals surface area contributed by atoms with Gasteiger partial charge in [-0.1, -0.05) is 23.7 Å². The van der Waals surface area contributed by atoms with Gasteiger partial charge in [0.25, 0.3) is 5.91 Å². The molecule has 2 aromatic rings. The van der Waals surface area contributed by atoms with Crippen LogP contribution in [0.4, 0.5) is 5.82 Å². The number of anilines is 1. The monoisotopic (exact) mass is 405 g/mol. The van der Waals surface area contributed by atoms with E-state index in [9.17, 15) is 9.59 Å². The van der Waals surface area contributed by atoms with Gasteiger partial charge in [-0.25, -0.2) is 0 Å². The van der Waals surface area contributed by atoms with Crippen LogP contribution in [0.1, 0.15) is 19.8 Å². The number of likely N-dealkylation sites (tertiary alicyclic amines) is 1. The molecule has 1 amide bonds. The number of amides is 1. The van der Waals surface area contributed by atoms with E-state index in [0.717, 1.165) is 37.2 Å². The van der Waals surface area contributed by atoms with E-state index < -0.39 is 0 Å². The quantitative estimate of drug-likeness (QED) is 0.714. The number of rotatable bonds is 6. The summed E-state index contributed by atoms with van der Waals surface area (Å²) in [6.45, 7) is 4.18. The lowest BCUT2D eigenvalue weighted by molar-refractivity contribution is -0.897. The minimum atomic E-state index is -0.115. The minimum absolute atomic E-state index is 0.0363. The molecule has 8 heteroatoms. The second kappa shape index (κ2) is 9.21. The van der Waals surface area contributed by atoms with E-state index in [1.54, 1.807) is 11.7 Å². The second-order valence-electron chi connectivity index (χ2n) is 7.05. The van der Waals surface area contributed by atoms with Gasteiger partial charge in [0.05, 0.1) is 31.3 Å². The fraction of sp³-hybridized carbons (Fsp3) is 0.450. The number of hydrogen-bond donors (Lipinski definition) is 2. The molecule has 0 bridgehead atoms. The maximum Gasteiger partial charge on any atom is 0.309 e. The average Bonchev–Trinajstić information content (AvgIpc) is 3.03. The molecule has 1 aromatic heterocycles. The number of carbonyl (C=O) groups excluding carboxylic acids is 2. The Balaban J connectivity index is 1.53. The summed E-state index contributed by atoms with van der Waals surface area (Å²) in [6.07, 6.45) is 1.52. The fourth-order valence-corrected chi connectivity index (χ4v) is 3.58. The van der Waals surface area contributed by atoms with E-state index in [1.165, 1.54) is 4.90 Å². The number of quaternary nitrogens is 1. The number of aryl methyl sites for hydroxylation is 1. The molecule has 0 atom stereocenters. The van der Waals surface area contributed by atoms with E-state index in [1.807, 2.05) is 37.3 Å². The first kappa shape index (κ1) is 20.4. The molecule has 1 aromatic carbocycles. The van der Waals surface area contributed by atoms with Gasteiger partial charge in [0.1, 0.15) is 5.82 Å². The lowest BCUT2D eigenvalue weighted by Crippen LogP contribution is -3.14. The topological polar surface area (TPSA) is 77.7 Å². The van der Waals surface area contributed by atoms with Crippen molar-refractivity contribution >= 4 is 29.3 Å². The Labute approximate surface area is 169 Å². The predicted octanol–water partition coefficient (Wildman–Crippen LogP) is 1.54. The van der Waals surface area contributed by atoms with Gasteiger partial charge in [0.15, 0.2) is 6.54 Å². The van der Waals surface area contributed by atoms with Crippen LogP contribution in [0.3, 0.4) is 0 Å². The van der Waals surface area contributed by atoms with Crippen molar-refractivity contribution in [2.45, 2.75) is 19.8 Å². The summed E-state index contributed by atoms with van der Waals surface area (Å²) in [5.41, 5.74) is 1.71. The van der Waals surface area contributed by atoms with Crippen molar-refractivity contribution < 1.29 is 19.2 Å². The highest BCUT2D eigenvalue weighted by Crippen LogP contribution is 2.23. The molecule has 7 nitrogen and oxygen atoms in total. The number of halogens is 1. The molecule has 1 aliphatic rings. The zero-order valence-corrected chi connectivity index (χ0v) is 17.0. The summed E-state index contributed by atoms with van der Waals surface area (Å²) in [4.78, 5) is 25.5. The van der Waals surface area contributed by atoms with Crippen LogP contribution in [0, 0.1) is 5.92 Å². The third-order valence-electron chi connectivity index (χ3n) is 5.01. The summed E-state index contributed by atoms with van der Waals surface area (Å²) in [7, 11) is 1.80. The molecule has 2 N–H and O–H groups in total. The molecule has 1 saturated heterocycles. The van der Waals surface area contributed by atoms with Crippen LogP contribution < -0.4 is 10.2 Å². The highest BCUT2D eigenvalue weighted by atomic mass is 35.5. The molecular weight excluding hydrogens is 380 g/mol. The molecular formula is C20H26ClN4O3+. The van der Waals surface area contributed by atoms with Crippen molar-refractivity contribution in [2.24, 2.45) is 13.0 Å². The van der Waals surface area contributed by atoms with Gasteiger partial charge in [-0.15, -0.1) is 0 Å². The van der Waals surface area contributed by atoms with Crippen LogP contribution in [-0.4, -0.2) is 47.9 Å². The van der Waals surface area contributed by atoms with Gasteiger partial charge in [-0.2, -0.15) is 5.10 Å². The van der Waals surface area contributed by atoms with Crippen LogP contribution in [0.25, 0.3) is 11.3 Å². The first-order valence-electron chi connectivity index (χ1n) is 9.56. The van der Waals surface area contributed by atoms with Crippen molar-refractivity contribution in [1.29, 1.82) is 0 Å². The molecule has 0 spiro atoms. The number of nitrogens with one attached hydrogen (secondary N) is 2. The summed E-state index contributed by atoms with van der Waals surface area (Å²) < 4.78 is 6.75.